The van der Waals surface area contributed by atoms with Gasteiger partial charge in [0.15, 0.2) is 0 Å². The monoisotopic (exact) mass is 302 g/mol. The Kier molecular flexibility index (Phi) is 8.37. The molecule has 21 heavy (non-hydrogen) atoms. The fraction of sp³-hybridized carbons (Fsp3) is 0.769. The van der Waals surface area contributed by atoms with Crippen molar-refractivity contribution in [2.75, 3.05) is 0 Å². The molecule has 0 unspecified atom stereocenters. The summed E-state index contributed by atoms with van der Waals surface area (Å²) in [5.74, 6) is 4.36. The Hall–Kier alpha value is -1.83. The minimum absolute atomic E-state index is 0.125. The fourth-order valence-electron chi connectivity index (χ4n) is 1.93. The van der Waals surface area contributed by atoms with Crippen LogP contribution in [0.3, 0.4) is 0 Å². The van der Waals surface area contributed by atoms with Gasteiger partial charge < -0.3 is 15.7 Å². The molecule has 0 aliphatic heterocycles. The van der Waals surface area contributed by atoms with E-state index in [2.05, 4.69) is 10.6 Å². The molecule has 0 radical (unpaired) electrons. The van der Waals surface area contributed by atoms with Gasteiger partial charge in [0.1, 0.15) is 12.1 Å². The largest absolute Gasteiger partial charge is 0.465 e. The predicted molar refractivity (Wildman–Crippen MR) is 78.1 cm³/mol. The van der Waals surface area contributed by atoms with Crippen molar-refractivity contribution in [2.24, 2.45) is 17.7 Å². The highest BCUT2D eigenvalue weighted by Crippen LogP contribution is 2.08. The molecule has 0 aromatic carbocycles. The van der Waals surface area contributed by atoms with Crippen LogP contribution in [0.5, 0.6) is 0 Å². The second-order valence-corrected chi connectivity index (χ2v) is 5.83. The standard InChI is InChI=1S/C13H26N4O4/c1-7(2)5-9(16-13(20)21)11(18)15-10(6-8(3)4)12(19)17-14/h7-10,16H,5-6,14H2,1-4H3,(H,15,18)(H,17,19)(H,20,21)/t9-,10-/m0/s1. The summed E-state index contributed by atoms with van der Waals surface area (Å²) in [4.78, 5) is 34.6. The molecule has 3 amide bonds. The van der Waals surface area contributed by atoms with Crippen molar-refractivity contribution in [1.29, 1.82) is 0 Å². The molecule has 0 heterocycles. The number of carbonyl (C=O) groups is 3. The Morgan fingerprint density at radius 1 is 0.905 bits per heavy atom. The van der Waals surface area contributed by atoms with Crippen LogP contribution in [0.1, 0.15) is 40.5 Å². The molecule has 0 spiro atoms. The summed E-state index contributed by atoms with van der Waals surface area (Å²) in [6, 6.07) is -1.68. The molecular weight excluding hydrogens is 276 g/mol. The number of carboxylic acid groups (broad SMARTS) is 1. The molecule has 0 aliphatic carbocycles. The number of hydrazine groups is 1. The highest BCUT2D eigenvalue weighted by atomic mass is 16.4. The van der Waals surface area contributed by atoms with Gasteiger partial charge in [0.2, 0.25) is 5.91 Å². The van der Waals surface area contributed by atoms with E-state index in [0.29, 0.717) is 12.8 Å². The van der Waals surface area contributed by atoms with Crippen molar-refractivity contribution in [3.8, 4) is 0 Å². The lowest BCUT2D eigenvalue weighted by Crippen LogP contribution is -2.55. The van der Waals surface area contributed by atoms with E-state index in [0.717, 1.165) is 0 Å². The van der Waals surface area contributed by atoms with Crippen molar-refractivity contribution in [3.05, 3.63) is 0 Å². The van der Waals surface area contributed by atoms with Gasteiger partial charge in [-0.1, -0.05) is 27.7 Å². The lowest BCUT2D eigenvalue weighted by Gasteiger charge is -2.23. The number of hydrogen-bond donors (Lipinski definition) is 5. The van der Waals surface area contributed by atoms with E-state index in [1.807, 2.05) is 33.1 Å². The van der Waals surface area contributed by atoms with Crippen molar-refractivity contribution >= 4 is 17.9 Å². The maximum atomic E-state index is 12.2. The number of hydrogen-bond acceptors (Lipinski definition) is 4. The molecule has 0 aromatic rings. The summed E-state index contributed by atoms with van der Waals surface area (Å²) < 4.78 is 0. The molecule has 6 N–H and O–H groups in total. The summed E-state index contributed by atoms with van der Waals surface area (Å²) in [6.07, 6.45) is -0.521. The molecule has 0 fully saturated rings. The van der Waals surface area contributed by atoms with Crippen molar-refractivity contribution in [3.63, 3.8) is 0 Å². The Bertz CT molecular complexity index is 371. The van der Waals surface area contributed by atoms with Crippen LogP contribution in [0, 0.1) is 11.8 Å². The molecule has 0 aliphatic rings. The summed E-state index contributed by atoms with van der Waals surface area (Å²) >= 11 is 0. The summed E-state index contributed by atoms with van der Waals surface area (Å²) in [7, 11) is 0. The Morgan fingerprint density at radius 3 is 1.67 bits per heavy atom. The van der Waals surface area contributed by atoms with Gasteiger partial charge >= 0.3 is 6.09 Å². The van der Waals surface area contributed by atoms with Crippen molar-refractivity contribution in [2.45, 2.75) is 52.6 Å². The van der Waals surface area contributed by atoms with E-state index >= 15 is 0 Å². The number of nitrogens with two attached hydrogens (primary N) is 1. The van der Waals surface area contributed by atoms with Gasteiger partial charge in [-0.05, 0) is 24.7 Å². The third-order valence-corrected chi connectivity index (χ3v) is 2.80. The lowest BCUT2D eigenvalue weighted by molar-refractivity contribution is -0.130. The van der Waals surface area contributed by atoms with E-state index in [9.17, 15) is 14.4 Å². The van der Waals surface area contributed by atoms with Crippen LogP contribution in [-0.4, -0.2) is 35.1 Å². The second-order valence-electron chi connectivity index (χ2n) is 5.83. The third kappa shape index (κ3) is 8.13. The maximum absolute atomic E-state index is 12.2. The lowest BCUT2D eigenvalue weighted by atomic mass is 10.0. The van der Waals surface area contributed by atoms with E-state index < -0.39 is 30.0 Å². The van der Waals surface area contributed by atoms with Crippen LogP contribution < -0.4 is 21.9 Å². The highest BCUT2D eigenvalue weighted by molar-refractivity contribution is 5.90. The summed E-state index contributed by atoms with van der Waals surface area (Å²) in [6.45, 7) is 7.57. The van der Waals surface area contributed by atoms with Crippen LogP contribution in [0.4, 0.5) is 4.79 Å². The zero-order valence-corrected chi connectivity index (χ0v) is 13.0. The fourth-order valence-corrected chi connectivity index (χ4v) is 1.93. The van der Waals surface area contributed by atoms with Crippen LogP contribution in [-0.2, 0) is 9.59 Å². The number of amides is 3. The minimum Gasteiger partial charge on any atom is -0.465 e. The molecule has 2 atom stereocenters. The first-order chi connectivity index (χ1) is 9.67. The quantitative estimate of drug-likeness (QED) is 0.248. The van der Waals surface area contributed by atoms with Gasteiger partial charge in [-0.15, -0.1) is 0 Å². The van der Waals surface area contributed by atoms with E-state index in [1.54, 1.807) is 0 Å². The highest BCUT2D eigenvalue weighted by Gasteiger charge is 2.27. The number of nitrogens with one attached hydrogen (secondary N) is 3. The molecule has 0 saturated heterocycles. The molecule has 0 saturated carbocycles. The van der Waals surface area contributed by atoms with Gasteiger partial charge in [0, 0.05) is 0 Å². The topological polar surface area (TPSA) is 134 Å². The van der Waals surface area contributed by atoms with Gasteiger partial charge in [-0.3, -0.25) is 15.0 Å². The predicted octanol–water partition coefficient (Wildman–Crippen LogP) is 0.190. The van der Waals surface area contributed by atoms with Gasteiger partial charge in [0.05, 0.1) is 0 Å². The molecule has 0 rings (SSSR count). The number of carbonyl (C=O) groups excluding carboxylic acids is 2. The average Bonchev–Trinajstić information content (AvgIpc) is 2.34. The van der Waals surface area contributed by atoms with E-state index in [-0.39, 0.29) is 11.8 Å². The van der Waals surface area contributed by atoms with Crippen molar-refractivity contribution < 1.29 is 19.5 Å². The third-order valence-electron chi connectivity index (χ3n) is 2.80. The molecule has 122 valence electrons. The Morgan fingerprint density at radius 2 is 1.33 bits per heavy atom. The minimum atomic E-state index is -1.28. The maximum Gasteiger partial charge on any atom is 0.405 e. The summed E-state index contributed by atoms with van der Waals surface area (Å²) in [5, 5.41) is 13.5. The van der Waals surface area contributed by atoms with Gasteiger partial charge in [-0.2, -0.15) is 0 Å². The number of rotatable bonds is 8. The van der Waals surface area contributed by atoms with Crippen LogP contribution >= 0.6 is 0 Å². The zero-order valence-electron chi connectivity index (χ0n) is 13.0. The van der Waals surface area contributed by atoms with Crippen LogP contribution in [0.2, 0.25) is 0 Å². The second kappa shape index (κ2) is 9.17. The Labute approximate surface area is 124 Å². The molecular formula is C13H26N4O4. The zero-order chi connectivity index (χ0) is 16.6. The summed E-state index contributed by atoms with van der Waals surface area (Å²) in [5.41, 5.74) is 2.01. The molecule has 0 aromatic heterocycles. The van der Waals surface area contributed by atoms with E-state index in [1.165, 1.54) is 0 Å². The normalized spacial score (nSPS) is 13.7. The Balaban J connectivity index is 4.87. The smallest absolute Gasteiger partial charge is 0.405 e. The molecule has 0 bridgehead atoms. The van der Waals surface area contributed by atoms with Crippen LogP contribution in [0.25, 0.3) is 0 Å². The first-order valence-corrected chi connectivity index (χ1v) is 6.97. The van der Waals surface area contributed by atoms with Gasteiger partial charge in [-0.25, -0.2) is 10.6 Å². The van der Waals surface area contributed by atoms with Gasteiger partial charge in [0.25, 0.3) is 5.91 Å². The first-order valence-electron chi connectivity index (χ1n) is 6.97. The molecule has 8 heteroatoms. The SMILES string of the molecule is CC(C)C[C@H](NC(=O)O)C(=O)N[C@@H](CC(C)C)C(=O)NN. The average molecular weight is 302 g/mol. The van der Waals surface area contributed by atoms with E-state index in [4.69, 9.17) is 10.9 Å². The first kappa shape index (κ1) is 19.2. The molecule has 8 nitrogen and oxygen atoms in total. The van der Waals surface area contributed by atoms with Crippen LogP contribution in [0.15, 0.2) is 0 Å². The van der Waals surface area contributed by atoms with Crippen molar-refractivity contribution in [1.82, 2.24) is 16.1 Å².